The molecule has 2 aliphatic rings. The van der Waals surface area contributed by atoms with Crippen molar-refractivity contribution < 1.29 is 4.90 Å². The Kier molecular flexibility index (Phi) is 5.62. The van der Waals surface area contributed by atoms with Crippen LogP contribution in [0.2, 0.25) is 0 Å². The minimum absolute atomic E-state index is 0.614. The summed E-state index contributed by atoms with van der Waals surface area (Å²) in [5.74, 6) is 0. The summed E-state index contributed by atoms with van der Waals surface area (Å²) in [6.45, 7) is 5.56. The third kappa shape index (κ3) is 4.40. The maximum absolute atomic E-state index is 5.62. The summed E-state index contributed by atoms with van der Waals surface area (Å²) in [5, 5.41) is 4.57. The fourth-order valence-corrected chi connectivity index (χ4v) is 3.85. The van der Waals surface area contributed by atoms with Gasteiger partial charge >= 0.3 is 0 Å². The van der Waals surface area contributed by atoms with Crippen LogP contribution < -0.4 is 10.2 Å². The van der Waals surface area contributed by atoms with Crippen LogP contribution in [0.4, 0.5) is 0 Å². The average Bonchev–Trinajstić information content (AvgIpc) is 2.57. The van der Waals surface area contributed by atoms with Crippen LogP contribution in [0.1, 0.15) is 37.7 Å². The van der Waals surface area contributed by atoms with Crippen LogP contribution in [0.3, 0.4) is 0 Å². The molecule has 0 unspecified atom stereocenters. The van der Waals surface area contributed by atoms with E-state index in [9.17, 15) is 0 Å². The van der Waals surface area contributed by atoms with Crippen molar-refractivity contribution in [3.63, 3.8) is 0 Å². The molecule has 2 N–H and O–H groups in total. The van der Waals surface area contributed by atoms with Gasteiger partial charge in [-0.25, -0.2) is 0 Å². The maximum atomic E-state index is 5.62. The molecule has 1 aromatic heterocycles. The van der Waals surface area contributed by atoms with E-state index in [2.05, 4.69) is 27.3 Å². The number of piperazine rings is 1. The molecule has 0 radical (unpaired) electrons. The zero-order chi connectivity index (χ0) is 15.2. The summed E-state index contributed by atoms with van der Waals surface area (Å²) in [4.78, 5) is 8.09. The summed E-state index contributed by atoms with van der Waals surface area (Å²) >= 11 is 5.62. The van der Waals surface area contributed by atoms with Crippen molar-refractivity contribution in [2.45, 2.75) is 44.7 Å². The molecule has 5 heteroatoms. The Morgan fingerprint density at radius 2 is 1.86 bits per heavy atom. The Morgan fingerprint density at radius 1 is 1.18 bits per heavy atom. The van der Waals surface area contributed by atoms with Crippen LogP contribution >= 0.6 is 12.2 Å². The van der Waals surface area contributed by atoms with Crippen LogP contribution in [0, 0.1) is 0 Å². The van der Waals surface area contributed by atoms with Gasteiger partial charge in [0.2, 0.25) is 0 Å². The van der Waals surface area contributed by atoms with Crippen molar-refractivity contribution in [3.8, 4) is 0 Å². The van der Waals surface area contributed by atoms with Gasteiger partial charge in [-0.05, 0) is 37.2 Å². The zero-order valence-electron chi connectivity index (χ0n) is 13.3. The van der Waals surface area contributed by atoms with E-state index in [0.717, 1.165) is 37.8 Å². The third-order valence-electron chi connectivity index (χ3n) is 4.89. The fourth-order valence-electron chi connectivity index (χ4n) is 3.50. The number of thiocarbonyl (C=S) groups is 1. The van der Waals surface area contributed by atoms with Crippen LogP contribution in [0.15, 0.2) is 24.5 Å². The highest BCUT2D eigenvalue weighted by molar-refractivity contribution is 7.80. The molecule has 0 atom stereocenters. The third-order valence-corrected chi connectivity index (χ3v) is 5.27. The van der Waals surface area contributed by atoms with E-state index in [1.54, 1.807) is 4.90 Å². The Hall–Kier alpha value is -1.20. The lowest BCUT2D eigenvalue weighted by Gasteiger charge is -2.35. The molecule has 2 fully saturated rings. The Morgan fingerprint density at radius 3 is 2.55 bits per heavy atom. The molecule has 0 aromatic carbocycles. The number of aromatic nitrogens is 1. The molecular formula is C17H27N4S+. The topological polar surface area (TPSA) is 32.6 Å². The van der Waals surface area contributed by atoms with Gasteiger partial charge in [0.05, 0.1) is 26.2 Å². The van der Waals surface area contributed by atoms with Gasteiger partial charge < -0.3 is 15.1 Å². The van der Waals surface area contributed by atoms with Crippen molar-refractivity contribution in [1.82, 2.24) is 15.2 Å². The SMILES string of the molecule is S=C(NC1CCCCC1)N1CC[NH+](Cc2ccncc2)CC1. The predicted octanol–water partition coefficient (Wildman–Crippen LogP) is 0.989. The van der Waals surface area contributed by atoms with Crippen molar-refractivity contribution >= 4 is 17.3 Å². The van der Waals surface area contributed by atoms with Crippen LogP contribution in [-0.2, 0) is 6.54 Å². The summed E-state index contributed by atoms with van der Waals surface area (Å²) in [6.07, 6.45) is 10.4. The molecular weight excluding hydrogens is 292 g/mol. The number of rotatable bonds is 3. The fraction of sp³-hybridized carbons (Fsp3) is 0.647. The molecule has 1 aliphatic carbocycles. The van der Waals surface area contributed by atoms with Crippen molar-refractivity contribution in [3.05, 3.63) is 30.1 Å². The van der Waals surface area contributed by atoms with Crippen molar-refractivity contribution in [1.29, 1.82) is 0 Å². The quantitative estimate of drug-likeness (QED) is 0.814. The van der Waals surface area contributed by atoms with E-state index >= 15 is 0 Å². The Balaban J connectivity index is 1.42. The van der Waals surface area contributed by atoms with E-state index < -0.39 is 0 Å². The Labute approximate surface area is 138 Å². The number of nitrogens with zero attached hydrogens (tertiary/aromatic N) is 2. The zero-order valence-corrected chi connectivity index (χ0v) is 14.1. The first-order valence-corrected chi connectivity index (χ1v) is 9.00. The highest BCUT2D eigenvalue weighted by atomic mass is 32.1. The Bertz CT molecular complexity index is 465. The molecule has 1 saturated carbocycles. The van der Waals surface area contributed by atoms with Gasteiger partial charge in [-0.3, -0.25) is 4.98 Å². The molecule has 1 aliphatic heterocycles. The second-order valence-electron chi connectivity index (χ2n) is 6.55. The first kappa shape index (κ1) is 15.7. The molecule has 0 spiro atoms. The van der Waals surface area contributed by atoms with Crippen LogP contribution in [-0.4, -0.2) is 47.2 Å². The van der Waals surface area contributed by atoms with Crippen LogP contribution in [0.5, 0.6) is 0 Å². The minimum Gasteiger partial charge on any atom is -0.360 e. The van der Waals surface area contributed by atoms with Gasteiger partial charge in [0.15, 0.2) is 5.11 Å². The number of nitrogens with one attached hydrogen (secondary N) is 2. The standard InChI is InChI=1S/C17H26N4S/c22-17(19-16-4-2-1-3-5-16)21-12-10-20(11-13-21)14-15-6-8-18-9-7-15/h6-9,16H,1-5,10-14H2,(H,19,22)/p+1. The summed E-state index contributed by atoms with van der Waals surface area (Å²) in [7, 11) is 0. The van der Waals surface area contributed by atoms with E-state index in [4.69, 9.17) is 12.2 Å². The molecule has 0 bridgehead atoms. The number of pyridine rings is 1. The van der Waals surface area contributed by atoms with E-state index in [-0.39, 0.29) is 0 Å². The van der Waals surface area contributed by atoms with Gasteiger partial charge in [0.25, 0.3) is 0 Å². The summed E-state index contributed by atoms with van der Waals surface area (Å²) in [6, 6.07) is 4.85. The largest absolute Gasteiger partial charge is 0.360 e. The second kappa shape index (κ2) is 7.88. The molecule has 2 heterocycles. The molecule has 22 heavy (non-hydrogen) atoms. The normalized spacial score (nSPS) is 20.8. The highest BCUT2D eigenvalue weighted by Crippen LogP contribution is 2.17. The molecule has 1 aromatic rings. The van der Waals surface area contributed by atoms with Gasteiger partial charge in [-0.2, -0.15) is 0 Å². The van der Waals surface area contributed by atoms with Crippen molar-refractivity contribution in [2.75, 3.05) is 26.2 Å². The average molecular weight is 319 g/mol. The monoisotopic (exact) mass is 319 g/mol. The molecule has 4 nitrogen and oxygen atoms in total. The molecule has 3 rings (SSSR count). The number of hydrogen-bond donors (Lipinski definition) is 2. The lowest BCUT2D eigenvalue weighted by molar-refractivity contribution is -0.917. The number of hydrogen-bond acceptors (Lipinski definition) is 2. The first-order chi connectivity index (χ1) is 10.8. The van der Waals surface area contributed by atoms with Gasteiger partial charge in [0, 0.05) is 24.0 Å². The lowest BCUT2D eigenvalue weighted by Crippen LogP contribution is -3.13. The van der Waals surface area contributed by atoms with Gasteiger partial charge in [0.1, 0.15) is 6.54 Å². The van der Waals surface area contributed by atoms with E-state index in [1.807, 2.05) is 12.4 Å². The van der Waals surface area contributed by atoms with E-state index in [0.29, 0.717) is 6.04 Å². The molecule has 1 saturated heterocycles. The summed E-state index contributed by atoms with van der Waals surface area (Å²) < 4.78 is 0. The van der Waals surface area contributed by atoms with E-state index in [1.165, 1.54) is 37.7 Å². The van der Waals surface area contributed by atoms with Gasteiger partial charge in [-0.15, -0.1) is 0 Å². The first-order valence-electron chi connectivity index (χ1n) is 8.59. The highest BCUT2D eigenvalue weighted by Gasteiger charge is 2.23. The summed E-state index contributed by atoms with van der Waals surface area (Å²) in [5.41, 5.74) is 1.38. The number of quaternary nitrogens is 1. The molecule has 120 valence electrons. The van der Waals surface area contributed by atoms with Crippen LogP contribution in [0.25, 0.3) is 0 Å². The maximum Gasteiger partial charge on any atom is 0.169 e. The lowest BCUT2D eigenvalue weighted by atomic mass is 9.96. The second-order valence-corrected chi connectivity index (χ2v) is 6.94. The van der Waals surface area contributed by atoms with Crippen molar-refractivity contribution in [2.24, 2.45) is 0 Å². The minimum atomic E-state index is 0.614. The smallest absolute Gasteiger partial charge is 0.169 e. The predicted molar refractivity (Wildman–Crippen MR) is 92.8 cm³/mol. The molecule has 0 amide bonds. The van der Waals surface area contributed by atoms with Gasteiger partial charge in [-0.1, -0.05) is 19.3 Å².